The molecule has 0 aliphatic carbocycles. The Bertz CT molecular complexity index is 154. The third-order valence-electron chi connectivity index (χ3n) is 0.447. The minimum Gasteiger partial charge on any atom is -0.373 e. The molecule has 0 saturated carbocycles. The topological polar surface area (TPSA) is 90.8 Å². The van der Waals surface area contributed by atoms with Crippen LogP contribution in [0.15, 0.2) is 5.22 Å². The first-order valence-corrected chi connectivity index (χ1v) is 2.52. The zero-order chi connectivity index (χ0) is 8.15. The predicted octanol–water partition coefficient (Wildman–Crippen LogP) is 0.481. The van der Waals surface area contributed by atoms with Crippen molar-refractivity contribution in [3.05, 3.63) is 15.3 Å². The zero-order valence-corrected chi connectivity index (χ0v) is 5.55. The fraction of sp³-hybridized carbons (Fsp3) is 1.00. The molecule has 0 aliphatic heterocycles. The zero-order valence-electron chi connectivity index (χ0n) is 5.55. The molecule has 0 heterocycles. The Morgan fingerprint density at radius 2 is 2.00 bits per heavy atom. The molecule has 58 valence electrons. The van der Waals surface area contributed by atoms with Gasteiger partial charge >= 0.3 is 5.22 Å². The lowest BCUT2D eigenvalue weighted by Gasteiger charge is -2.02. The minimum absolute atomic E-state index is 0.416. The van der Waals surface area contributed by atoms with Gasteiger partial charge in [0, 0.05) is 0 Å². The van der Waals surface area contributed by atoms with Crippen LogP contribution in [0.5, 0.6) is 0 Å². The molecule has 0 amide bonds. The third-order valence-corrected chi connectivity index (χ3v) is 0.447. The van der Waals surface area contributed by atoms with Gasteiger partial charge in [-0.3, -0.25) is 0 Å². The highest BCUT2D eigenvalue weighted by atomic mass is 16.9. The molecule has 0 saturated heterocycles. The van der Waals surface area contributed by atoms with Gasteiger partial charge < -0.3 is 4.84 Å². The summed E-state index contributed by atoms with van der Waals surface area (Å²) in [4.78, 5) is 13.7. The molecule has 0 N–H and O–H groups in total. The second-order valence-electron chi connectivity index (χ2n) is 1.72. The first-order valence-electron chi connectivity index (χ1n) is 2.52. The Morgan fingerprint density at radius 3 is 2.30 bits per heavy atom. The van der Waals surface area contributed by atoms with E-state index in [4.69, 9.17) is 0 Å². The molecule has 0 unspecified atom stereocenters. The maximum atomic E-state index is 10.2. The normalized spacial score (nSPS) is 11.7. The molecular formula is C3H7N3O4. The van der Waals surface area contributed by atoms with Crippen molar-refractivity contribution in [2.24, 2.45) is 5.22 Å². The van der Waals surface area contributed by atoms with Crippen LogP contribution in [0, 0.1) is 15.3 Å². The highest BCUT2D eigenvalue weighted by Gasteiger charge is 2.05. The second-order valence-corrected chi connectivity index (χ2v) is 1.72. The van der Waals surface area contributed by atoms with Crippen LogP contribution in [-0.4, -0.2) is 16.2 Å². The number of rotatable bonds is 3. The average Bonchev–Trinajstić information content (AvgIpc) is 1.58. The summed E-state index contributed by atoms with van der Waals surface area (Å²) in [5.41, 5.74) is 0. The SMILES string of the molecule is CC(C)O[N+]([O-])=N[N+](=O)[O-]. The van der Waals surface area contributed by atoms with Gasteiger partial charge in [0.2, 0.25) is 5.02 Å². The molecule has 0 fully saturated rings. The standard InChI is InChI=1S/C3H7N3O4/c1-3(2)10-6(9)4-5(7)8/h3H,1-2H3. The second kappa shape index (κ2) is 3.59. The molecule has 0 aromatic carbocycles. The summed E-state index contributed by atoms with van der Waals surface area (Å²) < 4.78 is 0. The number of hydrogen-bond donors (Lipinski definition) is 0. The quantitative estimate of drug-likeness (QED) is 0.331. The Kier molecular flexibility index (Phi) is 3.09. The van der Waals surface area contributed by atoms with Crippen LogP contribution in [0.1, 0.15) is 13.8 Å². The Morgan fingerprint density at radius 1 is 1.50 bits per heavy atom. The summed E-state index contributed by atoms with van der Waals surface area (Å²) >= 11 is 0. The minimum atomic E-state index is -1.13. The van der Waals surface area contributed by atoms with Crippen LogP contribution in [0.25, 0.3) is 0 Å². The molecule has 0 aromatic rings. The molecule has 7 heteroatoms. The van der Waals surface area contributed by atoms with Crippen molar-refractivity contribution >= 4 is 0 Å². The van der Waals surface area contributed by atoms with E-state index in [1.165, 1.54) is 0 Å². The van der Waals surface area contributed by atoms with E-state index >= 15 is 0 Å². The molecule has 0 atom stereocenters. The Hall–Kier alpha value is -1.40. The molecule has 0 aliphatic rings. The van der Waals surface area contributed by atoms with Crippen LogP contribution in [-0.2, 0) is 4.84 Å². The maximum Gasteiger partial charge on any atom is 0.399 e. The van der Waals surface area contributed by atoms with Crippen molar-refractivity contribution in [2.75, 3.05) is 0 Å². The fourth-order valence-corrected chi connectivity index (χ4v) is 0.261. The molecule has 0 radical (unpaired) electrons. The van der Waals surface area contributed by atoms with E-state index in [0.717, 1.165) is 0 Å². The van der Waals surface area contributed by atoms with Gasteiger partial charge in [-0.05, 0) is 13.8 Å². The first-order chi connectivity index (χ1) is 4.52. The van der Waals surface area contributed by atoms with Crippen molar-refractivity contribution < 1.29 is 14.9 Å². The molecule has 0 rings (SSSR count). The lowest BCUT2D eigenvalue weighted by Crippen LogP contribution is -2.11. The summed E-state index contributed by atoms with van der Waals surface area (Å²) in [5.74, 6) is 0. The molecule has 0 bridgehead atoms. The van der Waals surface area contributed by atoms with E-state index in [-0.39, 0.29) is 0 Å². The molecule has 7 nitrogen and oxygen atoms in total. The third kappa shape index (κ3) is 4.75. The molecular weight excluding hydrogens is 142 g/mol. The number of nitro groups is 1. The van der Waals surface area contributed by atoms with Crippen molar-refractivity contribution in [1.29, 1.82) is 0 Å². The smallest absolute Gasteiger partial charge is 0.373 e. The van der Waals surface area contributed by atoms with E-state index in [0.29, 0.717) is 0 Å². The Balaban J connectivity index is 3.83. The predicted molar refractivity (Wildman–Crippen MR) is 29.3 cm³/mol. The van der Waals surface area contributed by atoms with Gasteiger partial charge in [-0.2, -0.15) is 0 Å². The van der Waals surface area contributed by atoms with E-state index in [1.807, 2.05) is 0 Å². The van der Waals surface area contributed by atoms with Crippen molar-refractivity contribution in [3.8, 4) is 0 Å². The number of hydrogen-bond acceptors (Lipinski definition) is 4. The van der Waals surface area contributed by atoms with Crippen LogP contribution in [0.4, 0.5) is 0 Å². The maximum absolute atomic E-state index is 10.2. The van der Waals surface area contributed by atoms with Crippen LogP contribution < -0.4 is 0 Å². The van der Waals surface area contributed by atoms with E-state index in [9.17, 15) is 15.3 Å². The van der Waals surface area contributed by atoms with Gasteiger partial charge in [-0.1, -0.05) is 0 Å². The fourth-order valence-electron chi connectivity index (χ4n) is 0.261. The Labute approximate surface area is 56.6 Å². The molecule has 0 aromatic heterocycles. The number of nitrogens with zero attached hydrogens (tertiary/aromatic N) is 3. The molecule has 0 spiro atoms. The summed E-state index contributed by atoms with van der Waals surface area (Å²) in [7, 11) is 0. The van der Waals surface area contributed by atoms with Gasteiger partial charge in [0.25, 0.3) is 5.03 Å². The lowest BCUT2D eigenvalue weighted by molar-refractivity contribution is -0.853. The highest BCUT2D eigenvalue weighted by molar-refractivity contribution is 4.25. The highest BCUT2D eigenvalue weighted by Crippen LogP contribution is 1.88. The van der Waals surface area contributed by atoms with E-state index < -0.39 is 16.2 Å². The van der Waals surface area contributed by atoms with E-state index in [2.05, 4.69) is 10.1 Å². The van der Waals surface area contributed by atoms with Crippen LogP contribution >= 0.6 is 0 Å². The monoisotopic (exact) mass is 149 g/mol. The molecule has 10 heavy (non-hydrogen) atoms. The van der Waals surface area contributed by atoms with Crippen LogP contribution in [0.2, 0.25) is 0 Å². The van der Waals surface area contributed by atoms with Gasteiger partial charge in [0.05, 0.1) is 6.10 Å². The van der Waals surface area contributed by atoms with Crippen LogP contribution in [0.3, 0.4) is 0 Å². The van der Waals surface area contributed by atoms with E-state index in [1.54, 1.807) is 13.8 Å². The summed E-state index contributed by atoms with van der Waals surface area (Å²) in [5, 5.41) is 20.4. The van der Waals surface area contributed by atoms with Crippen molar-refractivity contribution in [1.82, 2.24) is 0 Å². The van der Waals surface area contributed by atoms with Gasteiger partial charge in [-0.25, -0.2) is 15.3 Å². The first kappa shape index (κ1) is 8.60. The van der Waals surface area contributed by atoms with Gasteiger partial charge in [-0.15, -0.1) is 0 Å². The largest absolute Gasteiger partial charge is 0.399 e. The summed E-state index contributed by atoms with van der Waals surface area (Å²) in [6.07, 6.45) is -0.416. The van der Waals surface area contributed by atoms with Crippen molar-refractivity contribution in [2.45, 2.75) is 20.0 Å². The van der Waals surface area contributed by atoms with Gasteiger partial charge in [0.1, 0.15) is 0 Å². The van der Waals surface area contributed by atoms with Crippen molar-refractivity contribution in [3.63, 3.8) is 0 Å². The average molecular weight is 149 g/mol. The lowest BCUT2D eigenvalue weighted by atomic mass is 10.5. The summed E-state index contributed by atoms with van der Waals surface area (Å²) in [6.45, 7) is 3.11. The summed E-state index contributed by atoms with van der Waals surface area (Å²) in [6, 6.07) is 0. The van der Waals surface area contributed by atoms with Gasteiger partial charge in [0.15, 0.2) is 0 Å².